The van der Waals surface area contributed by atoms with Gasteiger partial charge in [-0.1, -0.05) is 13.2 Å². The zero-order valence-electron chi connectivity index (χ0n) is 10.1. The Balaban J connectivity index is 4.15. The summed E-state index contributed by atoms with van der Waals surface area (Å²) in [7, 11) is 0. The van der Waals surface area contributed by atoms with Crippen molar-refractivity contribution in [1.82, 2.24) is 0 Å². The quantitative estimate of drug-likeness (QED) is 0.311. The van der Waals surface area contributed by atoms with Crippen LogP contribution < -0.4 is 0 Å². The lowest BCUT2D eigenvalue weighted by Gasteiger charge is -2.15. The van der Waals surface area contributed by atoms with Crippen LogP contribution in [0.25, 0.3) is 0 Å². The van der Waals surface area contributed by atoms with E-state index in [1.54, 1.807) is 0 Å². The molecule has 2 unspecified atom stereocenters. The Morgan fingerprint density at radius 3 is 2.15 bits per heavy atom. The fraction of sp³-hybridized carbons (Fsp3) is 0.300. The summed E-state index contributed by atoms with van der Waals surface area (Å²) in [6.45, 7) is 5.23. The second-order valence-corrected chi connectivity index (χ2v) is 3.11. The standard InChI is InChI=1S/C10H12O10/c1-3-7(13)17-19-10(16)20-18-9(15)5(2)8(14)6(12)4-11/h3,6,8,11-12,14H,1-2,4H2. The van der Waals surface area contributed by atoms with Gasteiger partial charge in [0.1, 0.15) is 12.2 Å². The molecular formula is C10H12O10. The first-order valence-electron chi connectivity index (χ1n) is 4.93. The van der Waals surface area contributed by atoms with Crippen molar-refractivity contribution in [3.05, 3.63) is 24.8 Å². The predicted octanol–water partition coefficient (Wildman–Crippen LogP) is -1.49. The molecule has 0 radical (unpaired) electrons. The van der Waals surface area contributed by atoms with E-state index in [9.17, 15) is 19.5 Å². The first-order chi connectivity index (χ1) is 9.33. The zero-order chi connectivity index (χ0) is 15.7. The molecule has 0 heterocycles. The van der Waals surface area contributed by atoms with Crippen molar-refractivity contribution in [2.75, 3.05) is 6.61 Å². The molecule has 0 aromatic heterocycles. The van der Waals surface area contributed by atoms with Crippen molar-refractivity contribution in [2.45, 2.75) is 12.2 Å². The predicted molar refractivity (Wildman–Crippen MR) is 58.2 cm³/mol. The highest BCUT2D eigenvalue weighted by atomic mass is 17.3. The van der Waals surface area contributed by atoms with Crippen molar-refractivity contribution >= 4 is 18.1 Å². The molecule has 3 N–H and O–H groups in total. The third-order valence-corrected chi connectivity index (χ3v) is 1.71. The number of hydrogen-bond acceptors (Lipinski definition) is 10. The molecule has 0 aliphatic heterocycles. The van der Waals surface area contributed by atoms with Crippen molar-refractivity contribution in [3.8, 4) is 0 Å². The Hall–Kier alpha value is -2.43. The Morgan fingerprint density at radius 1 is 1.10 bits per heavy atom. The lowest BCUT2D eigenvalue weighted by molar-refractivity contribution is -0.289. The van der Waals surface area contributed by atoms with Crippen LogP contribution in [0.15, 0.2) is 24.8 Å². The van der Waals surface area contributed by atoms with Crippen LogP contribution in [0.1, 0.15) is 0 Å². The molecular weight excluding hydrogens is 280 g/mol. The van der Waals surface area contributed by atoms with E-state index in [-0.39, 0.29) is 0 Å². The monoisotopic (exact) mass is 292 g/mol. The van der Waals surface area contributed by atoms with E-state index < -0.39 is 42.5 Å². The summed E-state index contributed by atoms with van der Waals surface area (Å²) < 4.78 is 0. The number of carbonyl (C=O) groups excluding carboxylic acids is 3. The number of rotatable bonds is 5. The van der Waals surface area contributed by atoms with Crippen LogP contribution in [-0.4, -0.2) is 52.2 Å². The molecule has 2 atom stereocenters. The highest BCUT2D eigenvalue weighted by Gasteiger charge is 2.26. The van der Waals surface area contributed by atoms with Crippen molar-refractivity contribution in [3.63, 3.8) is 0 Å². The minimum Gasteiger partial charge on any atom is -0.394 e. The molecule has 0 aromatic rings. The molecule has 0 saturated carbocycles. The average Bonchev–Trinajstić information content (AvgIpc) is 2.47. The Labute approximate surface area is 112 Å². The Bertz CT molecular complexity index is 401. The van der Waals surface area contributed by atoms with Crippen LogP contribution in [0, 0.1) is 0 Å². The Morgan fingerprint density at radius 2 is 1.65 bits per heavy atom. The molecule has 20 heavy (non-hydrogen) atoms. The summed E-state index contributed by atoms with van der Waals surface area (Å²) in [5.74, 6) is -2.52. The second kappa shape index (κ2) is 8.63. The minimum absolute atomic E-state index is 0.688. The first-order valence-corrected chi connectivity index (χ1v) is 4.93. The van der Waals surface area contributed by atoms with Gasteiger partial charge in [-0.05, 0) is 0 Å². The maximum Gasteiger partial charge on any atom is 0.592 e. The van der Waals surface area contributed by atoms with Crippen LogP contribution in [0.5, 0.6) is 0 Å². The van der Waals surface area contributed by atoms with E-state index >= 15 is 0 Å². The maximum atomic E-state index is 11.2. The fourth-order valence-corrected chi connectivity index (χ4v) is 0.701. The molecule has 0 amide bonds. The largest absolute Gasteiger partial charge is 0.592 e. The third kappa shape index (κ3) is 5.95. The molecule has 10 heteroatoms. The molecule has 0 rings (SSSR count). The molecule has 0 aromatic carbocycles. The van der Waals surface area contributed by atoms with Crippen LogP contribution in [-0.2, 0) is 29.1 Å². The van der Waals surface area contributed by atoms with Gasteiger partial charge < -0.3 is 15.3 Å². The van der Waals surface area contributed by atoms with E-state index in [0.717, 1.165) is 0 Å². The summed E-state index contributed by atoms with van der Waals surface area (Å²) >= 11 is 0. The molecule has 112 valence electrons. The maximum absolute atomic E-state index is 11.2. The third-order valence-electron chi connectivity index (χ3n) is 1.71. The van der Waals surface area contributed by atoms with Gasteiger partial charge in [-0.3, -0.25) is 0 Å². The molecule has 0 bridgehead atoms. The minimum atomic E-state index is -1.83. The smallest absolute Gasteiger partial charge is 0.394 e. The van der Waals surface area contributed by atoms with E-state index in [0.29, 0.717) is 6.08 Å². The number of aliphatic hydroxyl groups excluding tert-OH is 3. The topological polar surface area (TPSA) is 149 Å². The van der Waals surface area contributed by atoms with Gasteiger partial charge in [0.2, 0.25) is 0 Å². The second-order valence-electron chi connectivity index (χ2n) is 3.11. The van der Waals surface area contributed by atoms with Crippen molar-refractivity contribution in [2.24, 2.45) is 0 Å². The van der Waals surface area contributed by atoms with E-state index in [4.69, 9.17) is 10.2 Å². The Kier molecular flexibility index (Phi) is 7.58. The van der Waals surface area contributed by atoms with Gasteiger partial charge in [0.15, 0.2) is 0 Å². The average molecular weight is 292 g/mol. The van der Waals surface area contributed by atoms with E-state index in [1.807, 2.05) is 0 Å². The summed E-state index contributed by atoms with van der Waals surface area (Å²) in [5.41, 5.74) is -0.692. The summed E-state index contributed by atoms with van der Waals surface area (Å²) in [5, 5.41) is 26.8. The normalized spacial score (nSPS) is 12.6. The van der Waals surface area contributed by atoms with Crippen LogP contribution >= 0.6 is 0 Å². The van der Waals surface area contributed by atoms with Crippen molar-refractivity contribution < 1.29 is 49.3 Å². The van der Waals surface area contributed by atoms with Crippen LogP contribution in [0.3, 0.4) is 0 Å². The van der Waals surface area contributed by atoms with Crippen molar-refractivity contribution in [1.29, 1.82) is 0 Å². The molecule has 0 fully saturated rings. The molecule has 10 nitrogen and oxygen atoms in total. The van der Waals surface area contributed by atoms with Gasteiger partial charge in [-0.15, -0.1) is 0 Å². The van der Waals surface area contributed by atoms with Gasteiger partial charge in [-0.2, -0.15) is 4.79 Å². The SMILES string of the molecule is C=CC(=O)OOC(=O)OOC(=O)C(=C)C(O)C(O)CO. The van der Waals surface area contributed by atoms with Gasteiger partial charge >= 0.3 is 18.1 Å². The van der Waals surface area contributed by atoms with Crippen LogP contribution in [0.4, 0.5) is 4.79 Å². The van der Waals surface area contributed by atoms with E-state index in [2.05, 4.69) is 32.7 Å². The molecule has 0 spiro atoms. The van der Waals surface area contributed by atoms with Gasteiger partial charge in [0.25, 0.3) is 0 Å². The highest BCUT2D eigenvalue weighted by molar-refractivity contribution is 5.88. The van der Waals surface area contributed by atoms with Gasteiger partial charge in [0.05, 0.1) is 12.2 Å². The fourth-order valence-electron chi connectivity index (χ4n) is 0.701. The molecule has 0 aliphatic carbocycles. The lowest BCUT2D eigenvalue weighted by Crippen LogP contribution is -2.34. The lowest BCUT2D eigenvalue weighted by atomic mass is 10.1. The first kappa shape index (κ1) is 17.6. The number of carbonyl (C=O) groups is 3. The number of hydrogen-bond donors (Lipinski definition) is 3. The zero-order valence-corrected chi connectivity index (χ0v) is 10.1. The summed E-state index contributed by atoms with van der Waals surface area (Å²) in [6, 6.07) is 0. The van der Waals surface area contributed by atoms with Gasteiger partial charge in [-0.25, -0.2) is 29.1 Å². The van der Waals surface area contributed by atoms with E-state index in [1.165, 1.54) is 0 Å². The summed E-state index contributed by atoms with van der Waals surface area (Å²) in [6.07, 6.45) is -4.51. The summed E-state index contributed by atoms with van der Waals surface area (Å²) in [4.78, 5) is 47.5. The highest BCUT2D eigenvalue weighted by Crippen LogP contribution is 2.07. The molecule has 0 saturated heterocycles. The molecule has 0 aliphatic rings. The number of aliphatic hydroxyl groups is 3. The van der Waals surface area contributed by atoms with Crippen LogP contribution in [0.2, 0.25) is 0 Å². The van der Waals surface area contributed by atoms with Gasteiger partial charge in [0, 0.05) is 6.08 Å².